The van der Waals surface area contributed by atoms with Gasteiger partial charge < -0.3 is 15.7 Å². The van der Waals surface area contributed by atoms with Crippen LogP contribution in [0.2, 0.25) is 0 Å². The molecule has 1 heterocycles. The third-order valence-electron chi connectivity index (χ3n) is 3.27. The minimum Gasteiger partial charge on any atom is -0.506 e. The SMILES string of the molecule is CC(=O)Nc1cc(C(=O)CSc2nnc(NC3CC3)s2)ccc1O. The molecule has 3 rings (SSSR count). The standard InChI is InChI=1S/C15H16N4O3S2/c1-8(20)16-11-6-9(2-5-12(11)21)13(22)7-23-15-19-18-14(24-15)17-10-3-4-10/h2,5-6,10,21H,3-4,7H2,1H3,(H,16,20)(H,17,18). The first kappa shape index (κ1) is 16.7. The first-order valence-electron chi connectivity index (χ1n) is 7.38. The van der Waals surface area contributed by atoms with E-state index in [4.69, 9.17) is 0 Å². The van der Waals surface area contributed by atoms with Gasteiger partial charge in [-0.1, -0.05) is 23.1 Å². The second kappa shape index (κ2) is 7.18. The normalized spacial score (nSPS) is 13.5. The highest BCUT2D eigenvalue weighted by molar-refractivity contribution is 8.01. The highest BCUT2D eigenvalue weighted by Crippen LogP contribution is 2.31. The van der Waals surface area contributed by atoms with Crippen molar-refractivity contribution >= 4 is 45.6 Å². The number of hydrogen-bond acceptors (Lipinski definition) is 8. The molecule has 0 spiro atoms. The third kappa shape index (κ3) is 4.45. The lowest BCUT2D eigenvalue weighted by atomic mass is 10.1. The predicted octanol–water partition coefficient (Wildman–Crippen LogP) is 2.75. The largest absolute Gasteiger partial charge is 0.506 e. The van der Waals surface area contributed by atoms with Gasteiger partial charge in [0.15, 0.2) is 10.1 Å². The van der Waals surface area contributed by atoms with Crippen LogP contribution in [0.15, 0.2) is 22.5 Å². The maximum absolute atomic E-state index is 12.3. The number of hydrogen-bond donors (Lipinski definition) is 3. The molecule has 3 N–H and O–H groups in total. The molecule has 1 fully saturated rings. The molecule has 0 aliphatic heterocycles. The number of carbonyl (C=O) groups excluding carboxylic acids is 2. The van der Waals surface area contributed by atoms with Crippen molar-refractivity contribution < 1.29 is 14.7 Å². The van der Waals surface area contributed by atoms with Gasteiger partial charge in [-0.3, -0.25) is 9.59 Å². The first-order valence-corrected chi connectivity index (χ1v) is 9.18. The maximum atomic E-state index is 12.3. The Balaban J connectivity index is 1.59. The van der Waals surface area contributed by atoms with E-state index >= 15 is 0 Å². The fourth-order valence-corrected chi connectivity index (χ4v) is 3.66. The number of aromatic nitrogens is 2. The van der Waals surface area contributed by atoms with Crippen molar-refractivity contribution in [1.82, 2.24) is 10.2 Å². The molecule has 2 aromatic rings. The fraction of sp³-hybridized carbons (Fsp3) is 0.333. The van der Waals surface area contributed by atoms with Crippen LogP contribution >= 0.6 is 23.1 Å². The second-order valence-electron chi connectivity index (χ2n) is 5.42. The van der Waals surface area contributed by atoms with Gasteiger partial charge in [-0.25, -0.2) is 0 Å². The number of aromatic hydroxyl groups is 1. The summed E-state index contributed by atoms with van der Waals surface area (Å²) in [5.41, 5.74) is 0.648. The summed E-state index contributed by atoms with van der Waals surface area (Å²) in [5.74, 6) is -0.288. The summed E-state index contributed by atoms with van der Waals surface area (Å²) < 4.78 is 0.729. The van der Waals surface area contributed by atoms with E-state index in [1.807, 2.05) is 0 Å². The number of carbonyl (C=O) groups is 2. The smallest absolute Gasteiger partial charge is 0.221 e. The molecule has 0 unspecified atom stereocenters. The van der Waals surface area contributed by atoms with E-state index < -0.39 is 0 Å². The lowest BCUT2D eigenvalue weighted by Crippen LogP contribution is -2.08. The average Bonchev–Trinajstić information content (AvgIpc) is 3.23. The molecule has 0 saturated heterocycles. The Morgan fingerprint density at radius 3 is 2.88 bits per heavy atom. The fourth-order valence-electron chi connectivity index (χ4n) is 1.94. The van der Waals surface area contributed by atoms with Crippen molar-refractivity contribution in [3.63, 3.8) is 0 Å². The number of Topliss-reactive ketones (excluding diaryl/α,β-unsaturated/α-hetero) is 1. The highest BCUT2D eigenvalue weighted by Gasteiger charge is 2.22. The molecule has 1 saturated carbocycles. The molecule has 1 amide bonds. The van der Waals surface area contributed by atoms with Gasteiger partial charge in [0.1, 0.15) is 5.75 Å². The molecule has 7 nitrogen and oxygen atoms in total. The van der Waals surface area contributed by atoms with Gasteiger partial charge >= 0.3 is 0 Å². The van der Waals surface area contributed by atoms with E-state index in [0.717, 1.165) is 22.3 Å². The van der Waals surface area contributed by atoms with Gasteiger partial charge in [0.2, 0.25) is 11.0 Å². The van der Waals surface area contributed by atoms with Crippen LogP contribution in [0.4, 0.5) is 10.8 Å². The van der Waals surface area contributed by atoms with Crippen molar-refractivity contribution in [2.24, 2.45) is 0 Å². The van der Waals surface area contributed by atoms with E-state index in [1.165, 1.54) is 48.2 Å². The molecule has 1 aliphatic rings. The predicted molar refractivity (Wildman–Crippen MR) is 94.0 cm³/mol. The number of amides is 1. The Labute approximate surface area is 146 Å². The Morgan fingerprint density at radius 2 is 2.17 bits per heavy atom. The molecular weight excluding hydrogens is 348 g/mol. The van der Waals surface area contributed by atoms with E-state index in [0.29, 0.717) is 11.6 Å². The summed E-state index contributed by atoms with van der Waals surface area (Å²) in [5, 5.41) is 24.3. The number of ketones is 1. The van der Waals surface area contributed by atoms with Gasteiger partial charge in [-0.15, -0.1) is 10.2 Å². The van der Waals surface area contributed by atoms with Crippen LogP contribution in [0.25, 0.3) is 0 Å². The van der Waals surface area contributed by atoms with E-state index in [9.17, 15) is 14.7 Å². The number of rotatable bonds is 7. The number of nitrogens with one attached hydrogen (secondary N) is 2. The molecule has 24 heavy (non-hydrogen) atoms. The average molecular weight is 364 g/mol. The number of thioether (sulfide) groups is 1. The molecule has 1 aromatic heterocycles. The van der Waals surface area contributed by atoms with Crippen molar-refractivity contribution in [3.8, 4) is 5.75 Å². The summed E-state index contributed by atoms with van der Waals surface area (Å²) >= 11 is 2.75. The lowest BCUT2D eigenvalue weighted by Gasteiger charge is -2.07. The summed E-state index contributed by atoms with van der Waals surface area (Å²) in [6.07, 6.45) is 2.33. The van der Waals surface area contributed by atoms with Crippen LogP contribution < -0.4 is 10.6 Å². The molecule has 1 aromatic carbocycles. The molecule has 0 bridgehead atoms. The number of phenolic OH excluding ortho intramolecular Hbond substituents is 1. The topological polar surface area (TPSA) is 104 Å². The Bertz CT molecular complexity index is 774. The zero-order chi connectivity index (χ0) is 17.1. The van der Waals surface area contributed by atoms with Crippen molar-refractivity contribution in [2.75, 3.05) is 16.4 Å². The lowest BCUT2D eigenvalue weighted by molar-refractivity contribution is -0.114. The third-order valence-corrected chi connectivity index (χ3v) is 5.26. The minimum atomic E-state index is -0.311. The summed E-state index contributed by atoms with van der Waals surface area (Å²) in [7, 11) is 0. The minimum absolute atomic E-state index is 0.0747. The van der Waals surface area contributed by atoms with Gasteiger partial charge in [0, 0.05) is 18.5 Å². The molecule has 0 atom stereocenters. The maximum Gasteiger partial charge on any atom is 0.221 e. The highest BCUT2D eigenvalue weighted by atomic mass is 32.2. The number of phenols is 1. The van der Waals surface area contributed by atoms with Crippen LogP contribution in [0.5, 0.6) is 5.75 Å². The Kier molecular flexibility index (Phi) is 5.00. The molecule has 0 radical (unpaired) electrons. The molecule has 1 aliphatic carbocycles. The Morgan fingerprint density at radius 1 is 1.38 bits per heavy atom. The molecule has 126 valence electrons. The van der Waals surface area contributed by atoms with Crippen molar-refractivity contribution in [2.45, 2.75) is 30.1 Å². The summed E-state index contributed by atoms with van der Waals surface area (Å²) in [4.78, 5) is 23.4. The molecule has 9 heteroatoms. The number of anilines is 2. The number of nitrogens with zero attached hydrogens (tertiary/aromatic N) is 2. The van der Waals surface area contributed by atoms with Crippen molar-refractivity contribution in [1.29, 1.82) is 0 Å². The van der Waals surface area contributed by atoms with Crippen LogP contribution in [0.1, 0.15) is 30.1 Å². The zero-order valence-corrected chi connectivity index (χ0v) is 14.5. The van der Waals surface area contributed by atoms with Crippen molar-refractivity contribution in [3.05, 3.63) is 23.8 Å². The van der Waals surface area contributed by atoms with E-state index in [-0.39, 0.29) is 28.9 Å². The van der Waals surface area contributed by atoms with Gasteiger partial charge in [0.05, 0.1) is 11.4 Å². The second-order valence-corrected chi connectivity index (χ2v) is 7.62. The van der Waals surface area contributed by atoms with Crippen LogP contribution in [0, 0.1) is 0 Å². The van der Waals surface area contributed by atoms with E-state index in [2.05, 4.69) is 20.8 Å². The summed E-state index contributed by atoms with van der Waals surface area (Å²) in [6, 6.07) is 4.91. The monoisotopic (exact) mass is 364 g/mol. The van der Waals surface area contributed by atoms with Crippen LogP contribution in [-0.4, -0.2) is 38.8 Å². The van der Waals surface area contributed by atoms with Gasteiger partial charge in [-0.05, 0) is 31.0 Å². The quantitative estimate of drug-likeness (QED) is 0.394. The Hall–Kier alpha value is -2.13. The van der Waals surface area contributed by atoms with Gasteiger partial charge in [0.25, 0.3) is 0 Å². The van der Waals surface area contributed by atoms with Crippen LogP contribution in [0.3, 0.4) is 0 Å². The zero-order valence-electron chi connectivity index (χ0n) is 12.9. The first-order chi connectivity index (χ1) is 11.5. The van der Waals surface area contributed by atoms with Crippen LogP contribution in [-0.2, 0) is 4.79 Å². The molecular formula is C15H16N4O3S2. The summed E-state index contributed by atoms with van der Waals surface area (Å²) in [6.45, 7) is 1.34. The van der Waals surface area contributed by atoms with E-state index in [1.54, 1.807) is 0 Å². The van der Waals surface area contributed by atoms with Gasteiger partial charge in [-0.2, -0.15) is 0 Å². The number of benzene rings is 1.